The summed E-state index contributed by atoms with van der Waals surface area (Å²) in [5, 5.41) is 0. The summed E-state index contributed by atoms with van der Waals surface area (Å²) in [4.78, 5) is 0. The van der Waals surface area contributed by atoms with Gasteiger partial charge in [-0.05, 0) is 0 Å². The Labute approximate surface area is 121 Å². The first-order valence-electron chi connectivity index (χ1n) is 0.478. The summed E-state index contributed by atoms with van der Waals surface area (Å²) in [5.74, 6) is 0. The number of halogens is 2. The Hall–Kier alpha value is 3.17. The third-order valence-corrected chi connectivity index (χ3v) is 0. The molecule has 0 aromatic carbocycles. The normalized spacial score (nSPS) is 5.14. The summed E-state index contributed by atoms with van der Waals surface area (Å²) in [6, 6.07) is 0. The van der Waals surface area contributed by atoms with Crippen molar-refractivity contribution < 1.29 is 30.5 Å². The fourth-order valence-corrected chi connectivity index (χ4v) is 0. The molecule has 0 saturated heterocycles. The molecule has 0 aliphatic rings. The molecule has 42 valence electrons. The molecule has 0 unspecified atom stereocenters. The number of rotatable bonds is 0. The van der Waals surface area contributed by atoms with E-state index in [0.717, 1.165) is 0 Å². The van der Waals surface area contributed by atoms with Gasteiger partial charge in [-0.1, -0.05) is 0 Å². The predicted molar refractivity (Wildman–Crippen MR) is 28.5 cm³/mol. The van der Waals surface area contributed by atoms with Gasteiger partial charge in [0, 0.05) is 4.66 Å². The summed E-state index contributed by atoms with van der Waals surface area (Å²) in [6.45, 7) is 0. The maximum atomic E-state index is 8.52. The second-order valence-corrected chi connectivity index (χ2v) is 0.603. The zero-order chi connectivity index (χ0) is 3.58. The van der Waals surface area contributed by atoms with Crippen LogP contribution in [0.5, 0.6) is 0 Å². The van der Waals surface area contributed by atoms with Crippen molar-refractivity contribution in [2.75, 3.05) is 0 Å². The molecule has 0 atom stereocenters. The summed E-state index contributed by atoms with van der Waals surface area (Å²) in [5.41, 5.74) is 0. The van der Waals surface area contributed by atoms with E-state index in [1.54, 1.807) is 0 Å². The Kier molecular flexibility index (Phi) is 51.6. The van der Waals surface area contributed by atoms with Crippen LogP contribution in [0.3, 0.4) is 0 Å². The second kappa shape index (κ2) is 16.1. The monoisotopic (exact) mass is 248 g/mol. The Bertz CT molecular complexity index is 28.1. The van der Waals surface area contributed by atoms with E-state index in [4.69, 9.17) is 14.0 Å². The smallest absolute Gasteiger partial charge is 1.00 e. The maximum absolute atomic E-state index is 8.52. The van der Waals surface area contributed by atoms with E-state index in [1.165, 1.54) is 0 Å². The molecule has 0 bridgehead atoms. The molecule has 0 spiro atoms. The van der Waals surface area contributed by atoms with Crippen molar-refractivity contribution in [3.8, 4) is 0 Å². The van der Waals surface area contributed by atoms with Crippen LogP contribution in [0.25, 0.3) is 0 Å². The predicted octanol–water partition coefficient (Wildman–Crippen LogP) is -2.67. The summed E-state index contributed by atoms with van der Waals surface area (Å²) in [7, 11) is -2.60. The van der Waals surface area contributed by atoms with Crippen LogP contribution >= 0.6 is 17.0 Å². The first-order valence-corrected chi connectivity index (χ1v) is 1.43. The minimum atomic E-state index is -2.60. The average Bonchev–Trinajstić information content (AvgIpc) is 0.811. The summed E-state index contributed by atoms with van der Waals surface area (Å²) in [6.07, 6.45) is 0. The van der Waals surface area contributed by atoms with Crippen molar-refractivity contribution in [1.29, 1.82) is 0 Å². The van der Waals surface area contributed by atoms with Gasteiger partial charge < -0.3 is 15.0 Å². The van der Waals surface area contributed by atoms with Gasteiger partial charge in [0.1, 0.15) is 0 Å². The molecule has 0 aliphatic carbocycles. The molecule has 0 aromatic heterocycles. The van der Waals surface area contributed by atoms with Gasteiger partial charge in [-0.25, -0.2) is 0 Å². The third kappa shape index (κ3) is 46.9. The van der Waals surface area contributed by atoms with Gasteiger partial charge >= 0.3 is 75.5 Å². The van der Waals surface area contributed by atoms with Crippen LogP contribution < -0.4 is 9.32 Å². The molecular formula is H6BrCa2ClO3. The van der Waals surface area contributed by atoms with Crippen LogP contribution in [-0.4, -0.2) is 80.1 Å². The SMILES string of the molecule is Br.[Ca+2].[Ca+2].[H-].[H-].[H-].[H-].[O-][Cl+2]([O-])O. The van der Waals surface area contributed by atoms with Crippen LogP contribution in [0.15, 0.2) is 0 Å². The van der Waals surface area contributed by atoms with E-state index >= 15 is 0 Å². The topological polar surface area (TPSA) is 66.3 Å². The molecule has 1 N–H and O–H groups in total. The van der Waals surface area contributed by atoms with Crippen molar-refractivity contribution in [2.45, 2.75) is 0 Å². The van der Waals surface area contributed by atoms with E-state index in [-0.39, 0.29) is 98.2 Å². The van der Waals surface area contributed by atoms with Crippen molar-refractivity contribution in [2.24, 2.45) is 0 Å². The second-order valence-electron chi connectivity index (χ2n) is 0.201. The van der Waals surface area contributed by atoms with Gasteiger partial charge in [0.15, 0.2) is 0 Å². The number of hydrogen-bond acceptors (Lipinski definition) is 3. The Balaban J connectivity index is -0.00000000214. The molecule has 0 amide bonds. The fourth-order valence-electron chi connectivity index (χ4n) is 0. The molecule has 3 nitrogen and oxygen atoms in total. The van der Waals surface area contributed by atoms with E-state index in [0.29, 0.717) is 0 Å². The zero-order valence-electron chi connectivity index (χ0n) is 7.46. The quantitative estimate of drug-likeness (QED) is 0.476. The van der Waals surface area contributed by atoms with Crippen molar-refractivity contribution in [3.63, 3.8) is 0 Å². The molecule has 0 radical (unpaired) electrons. The van der Waals surface area contributed by atoms with Crippen LogP contribution in [-0.2, 0) is 0 Å². The van der Waals surface area contributed by atoms with E-state index in [2.05, 4.69) is 0 Å². The summed E-state index contributed by atoms with van der Waals surface area (Å²) < 4.78 is 24.0. The molecular weight excluding hydrogens is 244 g/mol. The first-order chi connectivity index (χ1) is 1.73. The molecule has 0 saturated carbocycles. The van der Waals surface area contributed by atoms with Crippen LogP contribution in [0, 0.1) is 10.8 Å². The van der Waals surface area contributed by atoms with Gasteiger partial charge in [-0.2, -0.15) is 0 Å². The van der Waals surface area contributed by atoms with Crippen molar-refractivity contribution in [3.05, 3.63) is 0 Å². The molecule has 7 heavy (non-hydrogen) atoms. The van der Waals surface area contributed by atoms with E-state index in [1.807, 2.05) is 0 Å². The van der Waals surface area contributed by atoms with Gasteiger partial charge in [-0.3, -0.25) is 0 Å². The van der Waals surface area contributed by atoms with E-state index < -0.39 is 10.8 Å². The molecule has 7 heteroatoms. The van der Waals surface area contributed by atoms with Crippen LogP contribution in [0.4, 0.5) is 0 Å². The van der Waals surface area contributed by atoms with Gasteiger partial charge in [0.2, 0.25) is 0 Å². The molecule has 0 aromatic rings. The fraction of sp³-hybridized carbons (Fsp3) is 0. The van der Waals surface area contributed by atoms with Crippen molar-refractivity contribution in [1.82, 2.24) is 0 Å². The standard InChI is InChI=1S/BrH.2Ca.ClHO3.4H/c;;;2-1(3)4;;;;/h1H;;;2H;;;;/q;2*+2;;4*-1. The minimum absolute atomic E-state index is 0. The van der Waals surface area contributed by atoms with Gasteiger partial charge in [0.05, 0.1) is 0 Å². The van der Waals surface area contributed by atoms with Crippen molar-refractivity contribution >= 4 is 92.5 Å². The minimum Gasteiger partial charge on any atom is -1.00 e. The van der Waals surface area contributed by atoms with Crippen LogP contribution in [0.1, 0.15) is 5.71 Å². The Morgan fingerprint density at radius 1 is 1.29 bits per heavy atom. The average molecular weight is 250 g/mol. The molecule has 0 heterocycles. The Morgan fingerprint density at radius 3 is 1.29 bits per heavy atom. The Morgan fingerprint density at radius 2 is 1.29 bits per heavy atom. The molecule has 0 aliphatic heterocycles. The summed E-state index contributed by atoms with van der Waals surface area (Å²) >= 11 is 0. The van der Waals surface area contributed by atoms with Crippen LogP contribution in [0.2, 0.25) is 0 Å². The van der Waals surface area contributed by atoms with Gasteiger partial charge in [0.25, 0.3) is 10.8 Å². The largest absolute Gasteiger partial charge is 2.00 e. The zero-order valence-corrected chi connectivity index (χ0v) is 10.3. The first kappa shape index (κ1) is 22.5. The molecule has 0 rings (SSSR count). The van der Waals surface area contributed by atoms with Gasteiger partial charge in [-0.15, -0.1) is 17.0 Å². The third-order valence-electron chi connectivity index (χ3n) is 0. The molecule has 0 fully saturated rings. The number of hydrogen-bond donors (Lipinski definition) is 1. The maximum Gasteiger partial charge on any atom is 2.00 e. The van der Waals surface area contributed by atoms with E-state index in [9.17, 15) is 0 Å².